The highest BCUT2D eigenvalue weighted by Gasteiger charge is 2.22. The van der Waals surface area contributed by atoms with E-state index >= 15 is 0 Å². The van der Waals surface area contributed by atoms with Crippen LogP contribution in [0.15, 0.2) is 16.6 Å². The Labute approximate surface area is 129 Å². The van der Waals surface area contributed by atoms with Gasteiger partial charge in [-0.25, -0.2) is 0 Å². The van der Waals surface area contributed by atoms with E-state index in [0.29, 0.717) is 0 Å². The van der Waals surface area contributed by atoms with Gasteiger partial charge < -0.3 is 10.5 Å². The molecule has 0 saturated carbocycles. The van der Waals surface area contributed by atoms with Crippen LogP contribution in [0.4, 0.5) is 0 Å². The summed E-state index contributed by atoms with van der Waals surface area (Å²) in [5.74, 6) is 1.97. The Morgan fingerprint density at radius 1 is 1.30 bits per heavy atom. The summed E-state index contributed by atoms with van der Waals surface area (Å²) in [7, 11) is 0. The Balaban J connectivity index is 1.64. The van der Waals surface area contributed by atoms with Gasteiger partial charge in [-0.2, -0.15) is 0 Å². The van der Waals surface area contributed by atoms with Crippen molar-refractivity contribution in [1.82, 2.24) is 4.90 Å². The first-order valence-corrected chi connectivity index (χ1v) is 8.42. The molecule has 2 heterocycles. The molecule has 1 aromatic rings. The molecular weight excluding hydrogens is 316 g/mol. The second-order valence-corrected chi connectivity index (χ2v) is 6.86. The Bertz CT molecular complexity index is 470. The van der Waals surface area contributed by atoms with Crippen molar-refractivity contribution in [3.63, 3.8) is 0 Å². The number of fused-ring (bicyclic) bond motifs is 1. The van der Waals surface area contributed by atoms with Crippen LogP contribution in [-0.4, -0.2) is 31.1 Å². The lowest BCUT2D eigenvalue weighted by Crippen LogP contribution is -2.33. The number of benzene rings is 1. The zero-order valence-corrected chi connectivity index (χ0v) is 13.5. The molecule has 0 aromatic heterocycles. The van der Waals surface area contributed by atoms with E-state index in [-0.39, 0.29) is 0 Å². The largest absolute Gasteiger partial charge is 0.493 e. The number of likely N-dealkylation sites (tertiary alicyclic amines) is 1. The Morgan fingerprint density at radius 2 is 2.10 bits per heavy atom. The van der Waals surface area contributed by atoms with Gasteiger partial charge in [0.2, 0.25) is 0 Å². The lowest BCUT2D eigenvalue weighted by atomic mass is 9.93. The first-order valence-electron chi connectivity index (χ1n) is 7.63. The summed E-state index contributed by atoms with van der Waals surface area (Å²) in [5, 5.41) is 0. The zero-order chi connectivity index (χ0) is 13.9. The molecule has 0 aliphatic carbocycles. The summed E-state index contributed by atoms with van der Waals surface area (Å²) >= 11 is 3.62. The summed E-state index contributed by atoms with van der Waals surface area (Å²) in [4.78, 5) is 2.55. The molecule has 2 aliphatic heterocycles. The summed E-state index contributed by atoms with van der Waals surface area (Å²) in [6.45, 7) is 5.05. The number of ether oxygens (including phenoxy) is 1. The number of nitrogens with zero attached hydrogens (tertiary/aromatic N) is 1. The maximum atomic E-state index is 5.82. The molecule has 0 spiro atoms. The quantitative estimate of drug-likeness (QED) is 0.917. The van der Waals surface area contributed by atoms with Crippen LogP contribution in [0.5, 0.6) is 5.75 Å². The molecule has 1 saturated heterocycles. The van der Waals surface area contributed by atoms with Gasteiger partial charge in [0.05, 0.1) is 6.61 Å². The first-order chi connectivity index (χ1) is 9.76. The summed E-state index contributed by atoms with van der Waals surface area (Å²) in [5.41, 5.74) is 8.35. The monoisotopic (exact) mass is 338 g/mol. The molecule has 1 aromatic carbocycles. The van der Waals surface area contributed by atoms with Crippen LogP contribution in [0.1, 0.15) is 30.4 Å². The third-order valence-corrected chi connectivity index (χ3v) is 4.96. The molecule has 0 amide bonds. The van der Waals surface area contributed by atoms with Crippen molar-refractivity contribution in [2.45, 2.75) is 32.2 Å². The molecule has 2 aliphatic rings. The molecule has 0 atom stereocenters. The van der Waals surface area contributed by atoms with Crippen LogP contribution in [0.25, 0.3) is 0 Å². The average molecular weight is 339 g/mol. The highest BCUT2D eigenvalue weighted by Crippen LogP contribution is 2.34. The van der Waals surface area contributed by atoms with E-state index in [1.807, 2.05) is 0 Å². The van der Waals surface area contributed by atoms with Crippen molar-refractivity contribution in [3.05, 3.63) is 27.7 Å². The smallest absolute Gasteiger partial charge is 0.127 e. The number of halogens is 1. The number of piperidine rings is 1. The van der Waals surface area contributed by atoms with Crippen LogP contribution in [0.3, 0.4) is 0 Å². The zero-order valence-electron chi connectivity index (χ0n) is 11.9. The lowest BCUT2D eigenvalue weighted by Gasteiger charge is -2.32. The Kier molecular flexibility index (Phi) is 4.64. The van der Waals surface area contributed by atoms with Crippen LogP contribution < -0.4 is 10.5 Å². The van der Waals surface area contributed by atoms with Crippen molar-refractivity contribution >= 4 is 15.9 Å². The predicted octanol–water partition coefficient (Wildman–Crippen LogP) is 2.94. The van der Waals surface area contributed by atoms with E-state index in [0.717, 1.165) is 37.8 Å². The van der Waals surface area contributed by atoms with Gasteiger partial charge in [0, 0.05) is 23.0 Å². The standard InChI is InChI=1S/C16H23BrN2O/c17-15-9-13-4-8-20-16(13)14(10-15)11-19-6-2-12(1-5-18)3-7-19/h9-10,12H,1-8,11,18H2. The Morgan fingerprint density at radius 3 is 2.85 bits per heavy atom. The number of nitrogens with two attached hydrogens (primary N) is 1. The maximum absolute atomic E-state index is 5.82. The minimum Gasteiger partial charge on any atom is -0.493 e. The van der Waals surface area contributed by atoms with E-state index in [1.165, 1.54) is 48.0 Å². The second kappa shape index (κ2) is 6.46. The summed E-state index contributed by atoms with van der Waals surface area (Å²) < 4.78 is 7.00. The van der Waals surface area contributed by atoms with E-state index in [1.54, 1.807) is 0 Å². The van der Waals surface area contributed by atoms with Crippen molar-refractivity contribution in [2.24, 2.45) is 11.7 Å². The maximum Gasteiger partial charge on any atom is 0.127 e. The van der Waals surface area contributed by atoms with Crippen LogP contribution in [0.2, 0.25) is 0 Å². The van der Waals surface area contributed by atoms with Gasteiger partial charge in [-0.05, 0) is 62.5 Å². The molecule has 20 heavy (non-hydrogen) atoms. The van der Waals surface area contributed by atoms with Gasteiger partial charge in [-0.15, -0.1) is 0 Å². The fourth-order valence-electron chi connectivity index (χ4n) is 3.37. The number of hydrogen-bond acceptors (Lipinski definition) is 3. The molecule has 4 heteroatoms. The SMILES string of the molecule is NCCC1CCN(Cc2cc(Br)cc3c2OCC3)CC1. The van der Waals surface area contributed by atoms with E-state index in [2.05, 4.69) is 33.0 Å². The molecule has 1 fully saturated rings. The van der Waals surface area contributed by atoms with E-state index < -0.39 is 0 Å². The summed E-state index contributed by atoms with van der Waals surface area (Å²) in [6, 6.07) is 4.41. The Hall–Kier alpha value is -0.580. The third kappa shape index (κ3) is 3.18. The minimum absolute atomic E-state index is 0.831. The van der Waals surface area contributed by atoms with Gasteiger partial charge in [0.25, 0.3) is 0 Å². The van der Waals surface area contributed by atoms with Crippen LogP contribution >= 0.6 is 15.9 Å². The fourth-order valence-corrected chi connectivity index (χ4v) is 3.93. The van der Waals surface area contributed by atoms with Crippen molar-refractivity contribution in [3.8, 4) is 5.75 Å². The molecule has 110 valence electrons. The van der Waals surface area contributed by atoms with E-state index in [4.69, 9.17) is 10.5 Å². The van der Waals surface area contributed by atoms with Gasteiger partial charge >= 0.3 is 0 Å². The highest BCUT2D eigenvalue weighted by atomic mass is 79.9. The number of hydrogen-bond donors (Lipinski definition) is 1. The number of rotatable bonds is 4. The normalized spacial score (nSPS) is 19.9. The van der Waals surface area contributed by atoms with Gasteiger partial charge in [0.1, 0.15) is 5.75 Å². The predicted molar refractivity (Wildman–Crippen MR) is 85.0 cm³/mol. The topological polar surface area (TPSA) is 38.5 Å². The highest BCUT2D eigenvalue weighted by molar-refractivity contribution is 9.10. The summed E-state index contributed by atoms with van der Waals surface area (Å²) in [6.07, 6.45) is 4.80. The fraction of sp³-hybridized carbons (Fsp3) is 0.625. The average Bonchev–Trinajstić information content (AvgIpc) is 2.89. The van der Waals surface area contributed by atoms with Crippen LogP contribution in [0, 0.1) is 5.92 Å². The second-order valence-electron chi connectivity index (χ2n) is 5.95. The van der Waals surface area contributed by atoms with Crippen molar-refractivity contribution < 1.29 is 4.74 Å². The third-order valence-electron chi connectivity index (χ3n) is 4.50. The molecule has 0 bridgehead atoms. The molecule has 0 unspecified atom stereocenters. The van der Waals surface area contributed by atoms with Crippen molar-refractivity contribution in [2.75, 3.05) is 26.2 Å². The van der Waals surface area contributed by atoms with Gasteiger partial charge in [0.15, 0.2) is 0 Å². The van der Waals surface area contributed by atoms with Gasteiger partial charge in [-0.1, -0.05) is 15.9 Å². The molecule has 3 rings (SSSR count). The molecule has 0 radical (unpaired) electrons. The van der Waals surface area contributed by atoms with Crippen LogP contribution in [-0.2, 0) is 13.0 Å². The van der Waals surface area contributed by atoms with Gasteiger partial charge in [-0.3, -0.25) is 4.90 Å². The molecule has 3 nitrogen and oxygen atoms in total. The molecule has 2 N–H and O–H groups in total. The van der Waals surface area contributed by atoms with E-state index in [9.17, 15) is 0 Å². The lowest BCUT2D eigenvalue weighted by molar-refractivity contribution is 0.172. The first kappa shape index (κ1) is 14.4. The van der Waals surface area contributed by atoms with Crippen molar-refractivity contribution in [1.29, 1.82) is 0 Å². The minimum atomic E-state index is 0.831. The molecular formula is C16H23BrN2O.